The van der Waals surface area contributed by atoms with Crippen LogP contribution in [0.3, 0.4) is 0 Å². The third-order valence-electron chi connectivity index (χ3n) is 3.08. The lowest BCUT2D eigenvalue weighted by atomic mass is 10.00. The second-order valence-corrected chi connectivity index (χ2v) is 4.56. The molecule has 0 radical (unpaired) electrons. The summed E-state index contributed by atoms with van der Waals surface area (Å²) in [6.45, 7) is 2.45. The second-order valence-electron chi connectivity index (χ2n) is 4.56. The maximum Gasteiger partial charge on any atom is 0.123 e. The summed E-state index contributed by atoms with van der Waals surface area (Å²) in [6, 6.07) is 14.1. The minimum absolute atomic E-state index is 0.209. The van der Waals surface area contributed by atoms with Crippen molar-refractivity contribution in [3.8, 4) is 5.75 Å². The Morgan fingerprint density at radius 2 is 1.89 bits per heavy atom. The first kappa shape index (κ1) is 13.6. The molecule has 0 aliphatic carbocycles. The van der Waals surface area contributed by atoms with Gasteiger partial charge in [0, 0.05) is 12.5 Å². The molecule has 2 aromatic carbocycles. The van der Waals surface area contributed by atoms with Crippen molar-refractivity contribution >= 4 is 0 Å². The Balaban J connectivity index is 1.91. The Hall–Kier alpha value is -1.87. The van der Waals surface area contributed by atoms with Crippen LogP contribution in [0.2, 0.25) is 0 Å². The van der Waals surface area contributed by atoms with E-state index >= 15 is 0 Å². The van der Waals surface area contributed by atoms with Crippen LogP contribution in [-0.4, -0.2) is 6.61 Å². The first-order chi connectivity index (χ1) is 9.16. The van der Waals surface area contributed by atoms with Gasteiger partial charge in [-0.25, -0.2) is 4.39 Å². The smallest absolute Gasteiger partial charge is 0.123 e. The van der Waals surface area contributed by atoms with Gasteiger partial charge in [0.1, 0.15) is 11.6 Å². The SMILES string of the molecule is Cc1ccc(F)cc1C(N)CCOc1ccccc1. The average Bonchev–Trinajstić information content (AvgIpc) is 2.42. The van der Waals surface area contributed by atoms with E-state index in [1.54, 1.807) is 6.07 Å². The summed E-state index contributed by atoms with van der Waals surface area (Å²) in [5, 5.41) is 0. The molecule has 0 bridgehead atoms. The first-order valence-corrected chi connectivity index (χ1v) is 6.36. The predicted octanol–water partition coefficient (Wildman–Crippen LogP) is 3.60. The van der Waals surface area contributed by atoms with Crippen LogP contribution in [0.1, 0.15) is 23.6 Å². The van der Waals surface area contributed by atoms with Crippen molar-refractivity contribution in [1.82, 2.24) is 0 Å². The van der Waals surface area contributed by atoms with Gasteiger partial charge in [-0.1, -0.05) is 24.3 Å². The summed E-state index contributed by atoms with van der Waals surface area (Å²) in [6.07, 6.45) is 0.652. The highest BCUT2D eigenvalue weighted by Gasteiger charge is 2.10. The standard InChI is InChI=1S/C16H18FNO/c1-12-7-8-13(17)11-15(12)16(18)9-10-19-14-5-3-2-4-6-14/h2-8,11,16H,9-10,18H2,1H3. The summed E-state index contributed by atoms with van der Waals surface area (Å²) < 4.78 is 18.8. The number of hydrogen-bond acceptors (Lipinski definition) is 2. The normalized spacial score (nSPS) is 12.2. The van der Waals surface area contributed by atoms with Crippen LogP contribution in [0.15, 0.2) is 48.5 Å². The topological polar surface area (TPSA) is 35.2 Å². The van der Waals surface area contributed by atoms with Crippen LogP contribution in [0, 0.1) is 12.7 Å². The molecule has 0 saturated heterocycles. The van der Waals surface area contributed by atoms with Gasteiger partial charge < -0.3 is 10.5 Å². The van der Waals surface area contributed by atoms with E-state index in [2.05, 4.69) is 0 Å². The monoisotopic (exact) mass is 259 g/mol. The molecule has 0 fully saturated rings. The Morgan fingerprint density at radius 3 is 2.63 bits per heavy atom. The molecule has 0 saturated carbocycles. The lowest BCUT2D eigenvalue weighted by Gasteiger charge is -2.15. The highest BCUT2D eigenvalue weighted by atomic mass is 19.1. The van der Waals surface area contributed by atoms with Gasteiger partial charge in [-0.15, -0.1) is 0 Å². The van der Waals surface area contributed by atoms with Crippen molar-refractivity contribution in [1.29, 1.82) is 0 Å². The van der Waals surface area contributed by atoms with Crippen LogP contribution in [0.5, 0.6) is 5.75 Å². The molecule has 2 rings (SSSR count). The largest absolute Gasteiger partial charge is 0.494 e. The van der Waals surface area contributed by atoms with Crippen molar-refractivity contribution in [3.63, 3.8) is 0 Å². The summed E-state index contributed by atoms with van der Waals surface area (Å²) >= 11 is 0. The van der Waals surface area contributed by atoms with Gasteiger partial charge in [0.2, 0.25) is 0 Å². The summed E-state index contributed by atoms with van der Waals surface area (Å²) in [5.74, 6) is 0.575. The van der Waals surface area contributed by atoms with Crippen LogP contribution in [-0.2, 0) is 0 Å². The van der Waals surface area contributed by atoms with Crippen LogP contribution in [0.4, 0.5) is 4.39 Å². The zero-order chi connectivity index (χ0) is 13.7. The molecule has 0 spiro atoms. The van der Waals surface area contributed by atoms with Gasteiger partial charge in [0.25, 0.3) is 0 Å². The van der Waals surface area contributed by atoms with Crippen molar-refractivity contribution in [2.75, 3.05) is 6.61 Å². The van der Waals surface area contributed by atoms with E-state index in [4.69, 9.17) is 10.5 Å². The lowest BCUT2D eigenvalue weighted by molar-refractivity contribution is 0.298. The van der Waals surface area contributed by atoms with Gasteiger partial charge >= 0.3 is 0 Å². The Kier molecular flexibility index (Phi) is 4.53. The minimum Gasteiger partial charge on any atom is -0.494 e. The van der Waals surface area contributed by atoms with Crippen molar-refractivity contribution in [3.05, 3.63) is 65.5 Å². The molecule has 0 heterocycles. The van der Waals surface area contributed by atoms with Crippen LogP contribution in [0.25, 0.3) is 0 Å². The van der Waals surface area contributed by atoms with E-state index in [0.717, 1.165) is 16.9 Å². The summed E-state index contributed by atoms with van der Waals surface area (Å²) in [4.78, 5) is 0. The Morgan fingerprint density at radius 1 is 1.16 bits per heavy atom. The predicted molar refractivity (Wildman–Crippen MR) is 74.6 cm³/mol. The van der Waals surface area contributed by atoms with Crippen LogP contribution >= 0.6 is 0 Å². The van der Waals surface area contributed by atoms with Crippen LogP contribution < -0.4 is 10.5 Å². The Bertz CT molecular complexity index is 528. The van der Waals surface area contributed by atoms with Crippen molar-refractivity contribution < 1.29 is 9.13 Å². The summed E-state index contributed by atoms with van der Waals surface area (Å²) in [5.41, 5.74) is 7.93. The molecule has 0 aliphatic rings. The number of hydrogen-bond donors (Lipinski definition) is 1. The highest BCUT2D eigenvalue weighted by molar-refractivity contribution is 5.29. The number of nitrogens with two attached hydrogens (primary N) is 1. The fourth-order valence-electron chi connectivity index (χ4n) is 1.99. The average molecular weight is 259 g/mol. The molecule has 3 heteroatoms. The molecular weight excluding hydrogens is 241 g/mol. The number of benzene rings is 2. The van der Waals surface area contributed by atoms with E-state index in [-0.39, 0.29) is 11.9 Å². The highest BCUT2D eigenvalue weighted by Crippen LogP contribution is 2.20. The maximum atomic E-state index is 13.2. The van der Waals surface area contributed by atoms with Crippen molar-refractivity contribution in [2.45, 2.75) is 19.4 Å². The zero-order valence-corrected chi connectivity index (χ0v) is 11.0. The van der Waals surface area contributed by atoms with E-state index in [0.29, 0.717) is 13.0 Å². The number of rotatable bonds is 5. The lowest BCUT2D eigenvalue weighted by Crippen LogP contribution is -2.15. The molecule has 19 heavy (non-hydrogen) atoms. The fraction of sp³-hybridized carbons (Fsp3) is 0.250. The molecule has 0 aliphatic heterocycles. The van der Waals surface area contributed by atoms with Gasteiger partial charge in [-0.2, -0.15) is 0 Å². The Labute approximate surface area is 113 Å². The molecule has 0 aromatic heterocycles. The second kappa shape index (κ2) is 6.34. The van der Waals surface area contributed by atoms with Gasteiger partial charge in [-0.05, 0) is 42.3 Å². The summed E-state index contributed by atoms with van der Waals surface area (Å²) in [7, 11) is 0. The molecule has 2 aromatic rings. The zero-order valence-electron chi connectivity index (χ0n) is 11.0. The van der Waals surface area contributed by atoms with Gasteiger partial charge in [0.05, 0.1) is 6.61 Å². The minimum atomic E-state index is -0.250. The van der Waals surface area contributed by atoms with E-state index in [1.807, 2.05) is 37.3 Å². The molecule has 1 atom stereocenters. The van der Waals surface area contributed by atoms with Crippen molar-refractivity contribution in [2.24, 2.45) is 5.73 Å². The maximum absolute atomic E-state index is 13.2. The molecule has 0 amide bonds. The van der Waals surface area contributed by atoms with E-state index < -0.39 is 0 Å². The van der Waals surface area contributed by atoms with E-state index in [9.17, 15) is 4.39 Å². The fourth-order valence-corrected chi connectivity index (χ4v) is 1.99. The molecule has 1 unspecified atom stereocenters. The van der Waals surface area contributed by atoms with Gasteiger partial charge in [-0.3, -0.25) is 0 Å². The molecule has 2 nitrogen and oxygen atoms in total. The third kappa shape index (κ3) is 3.80. The molecule has 100 valence electrons. The number of halogens is 1. The number of para-hydroxylation sites is 1. The molecule has 2 N–H and O–H groups in total. The first-order valence-electron chi connectivity index (χ1n) is 6.36. The quantitative estimate of drug-likeness (QED) is 0.890. The number of aryl methyl sites for hydroxylation is 1. The molecular formula is C16H18FNO. The third-order valence-corrected chi connectivity index (χ3v) is 3.08. The van der Waals surface area contributed by atoms with E-state index in [1.165, 1.54) is 12.1 Å². The van der Waals surface area contributed by atoms with Gasteiger partial charge in [0.15, 0.2) is 0 Å². The number of ether oxygens (including phenoxy) is 1.